The first-order valence-corrected chi connectivity index (χ1v) is 8.74. The highest BCUT2D eigenvalue weighted by atomic mass is 32.2. The van der Waals surface area contributed by atoms with Crippen molar-refractivity contribution >= 4 is 20.8 Å². The van der Waals surface area contributed by atoms with Crippen LogP contribution in [0.5, 0.6) is 0 Å². The largest absolute Gasteiger partial charge is 0.316 e. The van der Waals surface area contributed by atoms with E-state index in [4.69, 9.17) is 0 Å². The van der Waals surface area contributed by atoms with Crippen molar-refractivity contribution < 1.29 is 12.8 Å². The van der Waals surface area contributed by atoms with Crippen molar-refractivity contribution in [2.24, 2.45) is 11.8 Å². The Morgan fingerprint density at radius 1 is 1.18 bits per heavy atom. The van der Waals surface area contributed by atoms with Gasteiger partial charge < -0.3 is 5.32 Å². The predicted molar refractivity (Wildman–Crippen MR) is 80.3 cm³/mol. The summed E-state index contributed by atoms with van der Waals surface area (Å²) < 4.78 is 41.5. The van der Waals surface area contributed by atoms with Crippen molar-refractivity contribution in [2.75, 3.05) is 26.2 Å². The van der Waals surface area contributed by atoms with Crippen LogP contribution in [-0.4, -0.2) is 43.9 Å². The highest BCUT2D eigenvalue weighted by Gasteiger charge is 2.42. The van der Waals surface area contributed by atoms with Crippen LogP contribution in [0.4, 0.5) is 4.39 Å². The monoisotopic (exact) mass is 321 g/mol. The van der Waals surface area contributed by atoms with E-state index in [2.05, 4.69) is 10.3 Å². The predicted octanol–water partition coefficient (Wildman–Crippen LogP) is 1.21. The van der Waals surface area contributed by atoms with E-state index in [9.17, 15) is 12.8 Å². The number of aromatic nitrogens is 1. The Morgan fingerprint density at radius 3 is 2.64 bits per heavy atom. The SMILES string of the molecule is O=S(=O)(c1cccc2cncc(F)c12)N1CC2CNCC2C1. The normalized spacial score (nSPS) is 25.7. The molecule has 2 aliphatic rings. The lowest BCUT2D eigenvalue weighted by molar-refractivity contribution is 0.448. The van der Waals surface area contributed by atoms with Gasteiger partial charge in [-0.3, -0.25) is 4.98 Å². The minimum atomic E-state index is -3.69. The molecule has 2 aromatic rings. The van der Waals surface area contributed by atoms with Gasteiger partial charge in [0.05, 0.1) is 11.1 Å². The number of halogens is 1. The number of nitrogens with one attached hydrogen (secondary N) is 1. The summed E-state index contributed by atoms with van der Waals surface area (Å²) in [5.41, 5.74) is 0. The van der Waals surface area contributed by atoms with Gasteiger partial charge in [-0.05, 0) is 31.0 Å². The van der Waals surface area contributed by atoms with Gasteiger partial charge in [-0.2, -0.15) is 4.31 Å². The first-order chi connectivity index (χ1) is 10.6. The molecule has 2 atom stereocenters. The van der Waals surface area contributed by atoms with Gasteiger partial charge in [-0.25, -0.2) is 12.8 Å². The molecule has 7 heteroatoms. The summed E-state index contributed by atoms with van der Waals surface area (Å²) in [5.74, 6) is 0.116. The number of hydrogen-bond acceptors (Lipinski definition) is 4. The molecule has 2 saturated heterocycles. The van der Waals surface area contributed by atoms with Crippen LogP contribution >= 0.6 is 0 Å². The molecule has 22 heavy (non-hydrogen) atoms. The van der Waals surface area contributed by atoms with Crippen LogP contribution in [0, 0.1) is 17.7 Å². The molecule has 0 bridgehead atoms. The van der Waals surface area contributed by atoms with Crippen molar-refractivity contribution in [3.05, 3.63) is 36.4 Å². The highest BCUT2D eigenvalue weighted by molar-refractivity contribution is 7.89. The zero-order chi connectivity index (χ0) is 15.3. The molecular formula is C15H16FN3O2S. The number of nitrogens with zero attached hydrogens (tertiary/aromatic N) is 2. The zero-order valence-electron chi connectivity index (χ0n) is 11.9. The van der Waals surface area contributed by atoms with E-state index in [0.717, 1.165) is 19.3 Å². The molecule has 1 aromatic carbocycles. The second-order valence-corrected chi connectivity index (χ2v) is 7.88. The van der Waals surface area contributed by atoms with Gasteiger partial charge in [-0.15, -0.1) is 0 Å². The van der Waals surface area contributed by atoms with Crippen LogP contribution in [0.25, 0.3) is 10.8 Å². The van der Waals surface area contributed by atoms with Crippen LogP contribution in [0.2, 0.25) is 0 Å². The Bertz CT molecular complexity index is 823. The molecule has 5 nitrogen and oxygen atoms in total. The fraction of sp³-hybridized carbons (Fsp3) is 0.400. The molecule has 2 unspecified atom stereocenters. The maximum absolute atomic E-state index is 14.1. The van der Waals surface area contributed by atoms with Crippen molar-refractivity contribution in [3.63, 3.8) is 0 Å². The van der Waals surface area contributed by atoms with E-state index in [1.165, 1.54) is 16.6 Å². The lowest BCUT2D eigenvalue weighted by Gasteiger charge is -2.18. The maximum atomic E-state index is 14.1. The Kier molecular flexibility index (Phi) is 3.18. The molecule has 4 rings (SSSR count). The molecule has 0 saturated carbocycles. The average Bonchev–Trinajstić information content (AvgIpc) is 3.08. The number of benzene rings is 1. The highest BCUT2D eigenvalue weighted by Crippen LogP contribution is 2.33. The number of sulfonamides is 1. The van der Waals surface area contributed by atoms with Crippen molar-refractivity contribution in [2.45, 2.75) is 4.90 Å². The topological polar surface area (TPSA) is 62.3 Å². The first kappa shape index (κ1) is 14.0. The van der Waals surface area contributed by atoms with Gasteiger partial charge in [0.25, 0.3) is 0 Å². The van der Waals surface area contributed by atoms with Crippen molar-refractivity contribution in [1.82, 2.24) is 14.6 Å². The molecule has 0 amide bonds. The minimum Gasteiger partial charge on any atom is -0.316 e. The van der Waals surface area contributed by atoms with E-state index in [-0.39, 0.29) is 10.3 Å². The first-order valence-electron chi connectivity index (χ1n) is 7.30. The molecule has 1 N–H and O–H groups in total. The Labute approximate surface area is 128 Å². The van der Waals surface area contributed by atoms with E-state index < -0.39 is 15.8 Å². The molecule has 0 radical (unpaired) electrons. The molecular weight excluding hydrogens is 305 g/mol. The summed E-state index contributed by atoms with van der Waals surface area (Å²) in [6.07, 6.45) is 2.55. The number of hydrogen-bond donors (Lipinski definition) is 1. The fourth-order valence-corrected chi connectivity index (χ4v) is 5.30. The summed E-state index contributed by atoms with van der Waals surface area (Å²) in [5, 5.41) is 3.92. The average molecular weight is 321 g/mol. The van der Waals surface area contributed by atoms with Crippen molar-refractivity contribution in [3.8, 4) is 0 Å². The zero-order valence-corrected chi connectivity index (χ0v) is 12.7. The molecule has 116 valence electrons. The Morgan fingerprint density at radius 2 is 1.91 bits per heavy atom. The minimum absolute atomic E-state index is 0.0397. The van der Waals surface area contributed by atoms with Crippen LogP contribution in [0.3, 0.4) is 0 Å². The molecule has 3 heterocycles. The summed E-state index contributed by atoms with van der Waals surface area (Å²) in [7, 11) is -3.69. The number of pyridine rings is 1. The number of fused-ring (bicyclic) bond motifs is 2. The summed E-state index contributed by atoms with van der Waals surface area (Å²) in [4.78, 5) is 3.83. The lowest BCUT2D eigenvalue weighted by atomic mass is 10.0. The molecule has 2 aliphatic heterocycles. The van der Waals surface area contributed by atoms with Crippen LogP contribution in [0.1, 0.15) is 0 Å². The van der Waals surface area contributed by atoms with Crippen LogP contribution in [0.15, 0.2) is 35.5 Å². The van der Waals surface area contributed by atoms with Gasteiger partial charge >= 0.3 is 0 Å². The van der Waals surface area contributed by atoms with Gasteiger partial charge in [-0.1, -0.05) is 12.1 Å². The van der Waals surface area contributed by atoms with E-state index in [1.807, 2.05) is 0 Å². The van der Waals surface area contributed by atoms with Crippen LogP contribution < -0.4 is 5.32 Å². The third kappa shape index (κ3) is 2.04. The third-order valence-corrected chi connectivity index (χ3v) is 6.55. The quantitative estimate of drug-likeness (QED) is 0.903. The third-order valence-electron chi connectivity index (χ3n) is 4.67. The Balaban J connectivity index is 1.81. The summed E-state index contributed by atoms with van der Waals surface area (Å²) >= 11 is 0. The molecule has 1 aromatic heterocycles. The van der Waals surface area contributed by atoms with E-state index >= 15 is 0 Å². The second kappa shape index (κ2) is 4.97. The lowest BCUT2D eigenvalue weighted by Crippen LogP contribution is -2.32. The van der Waals surface area contributed by atoms with E-state index in [1.54, 1.807) is 12.1 Å². The summed E-state index contributed by atoms with van der Waals surface area (Å²) in [6, 6.07) is 4.79. The van der Waals surface area contributed by atoms with Gasteiger partial charge in [0.2, 0.25) is 10.0 Å². The summed E-state index contributed by atoms with van der Waals surface area (Å²) in [6.45, 7) is 2.71. The fourth-order valence-electron chi connectivity index (χ4n) is 3.52. The molecule has 2 fully saturated rings. The van der Waals surface area contributed by atoms with Gasteiger partial charge in [0.1, 0.15) is 0 Å². The molecule has 0 spiro atoms. The van der Waals surface area contributed by atoms with Gasteiger partial charge in [0.15, 0.2) is 5.82 Å². The standard InChI is InChI=1S/C15H16FN3O2S/c16-13-7-18-4-10-2-1-3-14(15(10)13)22(20,21)19-8-11-5-17-6-12(11)9-19/h1-4,7,11-12,17H,5-6,8-9H2. The second-order valence-electron chi connectivity index (χ2n) is 5.98. The van der Waals surface area contributed by atoms with Crippen molar-refractivity contribution in [1.29, 1.82) is 0 Å². The smallest absolute Gasteiger partial charge is 0.243 e. The number of rotatable bonds is 2. The maximum Gasteiger partial charge on any atom is 0.243 e. The van der Waals surface area contributed by atoms with Crippen LogP contribution in [-0.2, 0) is 10.0 Å². The van der Waals surface area contributed by atoms with Gasteiger partial charge in [0, 0.05) is 30.1 Å². The van der Waals surface area contributed by atoms with E-state index in [0.29, 0.717) is 30.3 Å². The Hall–Kier alpha value is -1.57. The molecule has 0 aliphatic carbocycles.